The summed E-state index contributed by atoms with van der Waals surface area (Å²) < 4.78 is 25.1. The van der Waals surface area contributed by atoms with E-state index in [4.69, 9.17) is 21.1 Å². The third kappa shape index (κ3) is 4.43. The molecule has 4 atom stereocenters. The van der Waals surface area contributed by atoms with E-state index in [0.717, 1.165) is 0 Å². The zero-order chi connectivity index (χ0) is 22.1. The summed E-state index contributed by atoms with van der Waals surface area (Å²) in [5.74, 6) is -1.00. The van der Waals surface area contributed by atoms with Gasteiger partial charge in [-0.25, -0.2) is 4.39 Å². The minimum Gasteiger partial charge on any atom is -0.460 e. The summed E-state index contributed by atoms with van der Waals surface area (Å²) in [5, 5.41) is 32.6. The number of amides is 1. The van der Waals surface area contributed by atoms with Crippen molar-refractivity contribution in [3.8, 4) is 16.9 Å². The lowest BCUT2D eigenvalue weighted by Gasteiger charge is -2.43. The molecule has 0 bridgehead atoms. The first-order valence-corrected chi connectivity index (χ1v) is 9.70. The molecule has 3 rings (SSSR count). The number of carbonyl (C=O) groups excluding carboxylic acids is 1. The molecule has 2 aromatic rings. The van der Waals surface area contributed by atoms with Crippen molar-refractivity contribution in [3.63, 3.8) is 0 Å². The van der Waals surface area contributed by atoms with Gasteiger partial charge in [0.2, 0.25) is 6.29 Å². The van der Waals surface area contributed by atoms with Crippen LogP contribution >= 0.6 is 11.6 Å². The van der Waals surface area contributed by atoms with Gasteiger partial charge in [0, 0.05) is 13.5 Å². The van der Waals surface area contributed by atoms with E-state index in [1.165, 1.54) is 38.2 Å². The van der Waals surface area contributed by atoms with Crippen molar-refractivity contribution < 1.29 is 34.0 Å². The van der Waals surface area contributed by atoms with E-state index in [1.807, 2.05) is 0 Å². The van der Waals surface area contributed by atoms with Crippen molar-refractivity contribution in [2.75, 3.05) is 13.7 Å². The lowest BCUT2D eigenvalue weighted by atomic mass is 9.90. The molecule has 1 aliphatic heterocycles. The number of nitrogens with one attached hydrogen (secondary N) is 1. The first-order chi connectivity index (χ1) is 14.2. The fraction of sp³-hybridized carbons (Fsp3) is 0.381. The largest absolute Gasteiger partial charge is 0.460 e. The van der Waals surface area contributed by atoms with Gasteiger partial charge in [0.1, 0.15) is 17.2 Å². The highest BCUT2D eigenvalue weighted by Crippen LogP contribution is 2.36. The Kier molecular flexibility index (Phi) is 6.64. The monoisotopic (exact) mass is 439 g/mol. The van der Waals surface area contributed by atoms with Crippen LogP contribution < -0.4 is 10.1 Å². The summed E-state index contributed by atoms with van der Waals surface area (Å²) in [6, 6.07) is 8.88. The van der Waals surface area contributed by atoms with Gasteiger partial charge < -0.3 is 30.1 Å². The average Bonchev–Trinajstić information content (AvgIpc) is 2.72. The highest BCUT2D eigenvalue weighted by molar-refractivity contribution is 6.32. The normalized spacial score (nSPS) is 26.3. The zero-order valence-electron chi connectivity index (χ0n) is 16.4. The molecule has 7 nitrogen and oxygen atoms in total. The molecule has 0 spiro atoms. The lowest BCUT2D eigenvalue weighted by Crippen LogP contribution is -2.60. The summed E-state index contributed by atoms with van der Waals surface area (Å²) in [6.45, 7) is 1.04. The lowest BCUT2D eigenvalue weighted by molar-refractivity contribution is -0.283. The van der Waals surface area contributed by atoms with Gasteiger partial charge in [0.05, 0.1) is 29.4 Å². The molecule has 9 heteroatoms. The van der Waals surface area contributed by atoms with Crippen molar-refractivity contribution >= 4 is 17.5 Å². The first kappa shape index (κ1) is 22.5. The summed E-state index contributed by atoms with van der Waals surface area (Å²) >= 11 is 6.33. The standard InChI is InChI=1S/C21H23ClFNO6/c1-21(28)18(26)9-13(10-25)29-20(21)30-17-6-4-12(8-15(17)22)11-3-5-16(23)14(7-11)19(27)24-2/h3-8,13,18,20,25-26,28H,9-10H2,1-2H3,(H,24,27)/t13-,18-,20+,21-/m0/s1. The maximum absolute atomic E-state index is 13.9. The Morgan fingerprint density at radius 2 is 2.00 bits per heavy atom. The van der Waals surface area contributed by atoms with E-state index in [-0.39, 0.29) is 29.4 Å². The molecule has 0 aliphatic carbocycles. The Morgan fingerprint density at radius 3 is 2.63 bits per heavy atom. The van der Waals surface area contributed by atoms with E-state index in [0.29, 0.717) is 11.1 Å². The van der Waals surface area contributed by atoms with Crippen LogP contribution in [0.5, 0.6) is 5.75 Å². The molecular weight excluding hydrogens is 417 g/mol. The van der Waals surface area contributed by atoms with Crippen LogP contribution in [0.2, 0.25) is 5.02 Å². The molecule has 2 aromatic carbocycles. The molecular formula is C21H23ClFNO6. The van der Waals surface area contributed by atoms with Crippen LogP contribution in [-0.4, -0.2) is 59.0 Å². The number of ether oxygens (including phenoxy) is 2. The summed E-state index contributed by atoms with van der Waals surface area (Å²) in [6.07, 6.45) is -3.04. The van der Waals surface area contributed by atoms with Crippen molar-refractivity contribution in [1.29, 1.82) is 0 Å². The smallest absolute Gasteiger partial charge is 0.254 e. The topological polar surface area (TPSA) is 108 Å². The number of carbonyl (C=O) groups is 1. The van der Waals surface area contributed by atoms with Crippen LogP contribution in [0.15, 0.2) is 36.4 Å². The van der Waals surface area contributed by atoms with Crippen LogP contribution in [-0.2, 0) is 4.74 Å². The number of aliphatic hydroxyl groups excluding tert-OH is 2. The Morgan fingerprint density at radius 1 is 1.33 bits per heavy atom. The quantitative estimate of drug-likeness (QED) is 0.568. The predicted molar refractivity (Wildman–Crippen MR) is 108 cm³/mol. The molecule has 4 N–H and O–H groups in total. The van der Waals surface area contributed by atoms with Gasteiger partial charge in [-0.1, -0.05) is 23.7 Å². The maximum atomic E-state index is 13.9. The van der Waals surface area contributed by atoms with Crippen molar-refractivity contribution in [2.24, 2.45) is 0 Å². The van der Waals surface area contributed by atoms with Gasteiger partial charge in [-0.05, 0) is 42.3 Å². The van der Waals surface area contributed by atoms with Crippen LogP contribution in [0.4, 0.5) is 4.39 Å². The number of aliphatic hydroxyl groups is 3. The van der Waals surface area contributed by atoms with Gasteiger partial charge in [0.15, 0.2) is 0 Å². The summed E-state index contributed by atoms with van der Waals surface area (Å²) in [7, 11) is 1.41. The van der Waals surface area contributed by atoms with E-state index in [9.17, 15) is 24.5 Å². The summed E-state index contributed by atoms with van der Waals surface area (Å²) in [5.41, 5.74) is -0.628. The Bertz CT molecular complexity index is 938. The molecule has 0 aromatic heterocycles. The second-order valence-corrected chi connectivity index (χ2v) is 7.69. The number of rotatable bonds is 5. The van der Waals surface area contributed by atoms with E-state index in [2.05, 4.69) is 5.32 Å². The number of benzene rings is 2. The predicted octanol–water partition coefficient (Wildman–Crippen LogP) is 2.10. The molecule has 1 amide bonds. The maximum Gasteiger partial charge on any atom is 0.254 e. The zero-order valence-corrected chi connectivity index (χ0v) is 17.2. The molecule has 1 heterocycles. The number of hydrogen-bond donors (Lipinski definition) is 4. The van der Waals surface area contributed by atoms with Crippen LogP contribution in [0.1, 0.15) is 23.7 Å². The SMILES string of the molecule is CNC(=O)c1cc(-c2ccc(O[C@H]3O[C@H](CO)C[C@H](O)[C@]3(C)O)c(Cl)c2)ccc1F. The molecule has 162 valence electrons. The van der Waals surface area contributed by atoms with Crippen LogP contribution in [0.25, 0.3) is 11.1 Å². The highest BCUT2D eigenvalue weighted by Gasteiger charge is 2.48. The van der Waals surface area contributed by atoms with Gasteiger partial charge in [-0.2, -0.15) is 0 Å². The third-order valence-corrected chi connectivity index (χ3v) is 5.39. The van der Waals surface area contributed by atoms with E-state index >= 15 is 0 Å². The first-order valence-electron chi connectivity index (χ1n) is 9.32. The van der Waals surface area contributed by atoms with Gasteiger partial charge >= 0.3 is 0 Å². The van der Waals surface area contributed by atoms with Crippen molar-refractivity contribution in [2.45, 2.75) is 37.4 Å². The molecule has 1 aliphatic rings. The van der Waals surface area contributed by atoms with Crippen LogP contribution in [0.3, 0.4) is 0 Å². The average molecular weight is 440 g/mol. The Hall–Kier alpha value is -2.23. The molecule has 1 saturated heterocycles. The van der Waals surface area contributed by atoms with Crippen molar-refractivity contribution in [3.05, 3.63) is 52.8 Å². The van der Waals surface area contributed by atoms with E-state index in [1.54, 1.807) is 12.1 Å². The summed E-state index contributed by atoms with van der Waals surface area (Å²) in [4.78, 5) is 11.8. The highest BCUT2D eigenvalue weighted by atomic mass is 35.5. The van der Waals surface area contributed by atoms with Crippen LogP contribution in [0, 0.1) is 5.82 Å². The fourth-order valence-corrected chi connectivity index (χ4v) is 3.41. The Balaban J connectivity index is 1.86. The van der Waals surface area contributed by atoms with E-state index < -0.39 is 35.8 Å². The minimum absolute atomic E-state index is 0.0638. The molecule has 1 fully saturated rings. The minimum atomic E-state index is -1.72. The Labute approximate surface area is 178 Å². The van der Waals surface area contributed by atoms with Gasteiger partial charge in [-0.3, -0.25) is 4.79 Å². The van der Waals surface area contributed by atoms with Gasteiger partial charge in [0.25, 0.3) is 5.91 Å². The molecule has 30 heavy (non-hydrogen) atoms. The molecule has 0 unspecified atom stereocenters. The van der Waals surface area contributed by atoms with Gasteiger partial charge in [-0.15, -0.1) is 0 Å². The number of hydrogen-bond acceptors (Lipinski definition) is 6. The number of halogens is 2. The third-order valence-electron chi connectivity index (χ3n) is 5.09. The second kappa shape index (κ2) is 8.87. The fourth-order valence-electron chi connectivity index (χ4n) is 3.18. The molecule has 0 radical (unpaired) electrons. The molecule has 0 saturated carbocycles. The van der Waals surface area contributed by atoms with Crippen molar-refractivity contribution in [1.82, 2.24) is 5.32 Å². The second-order valence-electron chi connectivity index (χ2n) is 7.29.